The number of nitrogens with one attached hydrogen (secondary N) is 1. The first kappa shape index (κ1) is 10.3. The lowest BCUT2D eigenvalue weighted by atomic mass is 9.83. The van der Waals surface area contributed by atoms with E-state index in [1.54, 1.807) is 0 Å². The highest BCUT2D eigenvalue weighted by atomic mass is 15.4. The molecule has 2 aliphatic rings. The van der Waals surface area contributed by atoms with E-state index in [0.29, 0.717) is 5.92 Å². The van der Waals surface area contributed by atoms with E-state index in [1.807, 2.05) is 4.68 Å². The maximum Gasteiger partial charge on any atom is 0.0857 e. The molecular formula is C12H20N4. The van der Waals surface area contributed by atoms with Gasteiger partial charge in [0.1, 0.15) is 0 Å². The SMILES string of the molecule is c1c(C2CCC2)nnn1CC1CCCNC1. The normalized spacial score (nSPS) is 26.6. The van der Waals surface area contributed by atoms with Crippen molar-refractivity contribution in [3.63, 3.8) is 0 Å². The number of nitrogens with zero attached hydrogens (tertiary/aromatic N) is 3. The Bertz CT molecular complexity index is 337. The van der Waals surface area contributed by atoms with Crippen molar-refractivity contribution in [1.29, 1.82) is 0 Å². The van der Waals surface area contributed by atoms with Crippen LogP contribution in [0, 0.1) is 5.92 Å². The Labute approximate surface area is 96.4 Å². The van der Waals surface area contributed by atoms with Gasteiger partial charge in [-0.25, -0.2) is 0 Å². The van der Waals surface area contributed by atoms with Crippen molar-refractivity contribution in [1.82, 2.24) is 20.3 Å². The average Bonchev–Trinajstić information content (AvgIpc) is 2.65. The van der Waals surface area contributed by atoms with E-state index >= 15 is 0 Å². The predicted molar refractivity (Wildman–Crippen MR) is 62.2 cm³/mol. The molecule has 1 saturated carbocycles. The molecule has 0 spiro atoms. The second kappa shape index (κ2) is 4.53. The lowest BCUT2D eigenvalue weighted by Crippen LogP contribution is -2.32. The van der Waals surface area contributed by atoms with E-state index < -0.39 is 0 Å². The molecule has 4 heteroatoms. The minimum Gasteiger partial charge on any atom is -0.316 e. The number of piperidine rings is 1. The van der Waals surface area contributed by atoms with Crippen molar-refractivity contribution < 1.29 is 0 Å². The average molecular weight is 220 g/mol. The Morgan fingerprint density at radius 3 is 2.94 bits per heavy atom. The van der Waals surface area contributed by atoms with Gasteiger partial charge >= 0.3 is 0 Å². The highest BCUT2D eigenvalue weighted by Gasteiger charge is 2.23. The van der Waals surface area contributed by atoms with Crippen LogP contribution in [0.3, 0.4) is 0 Å². The van der Waals surface area contributed by atoms with Crippen LogP contribution in [0.4, 0.5) is 0 Å². The zero-order chi connectivity index (χ0) is 10.8. The molecule has 2 fully saturated rings. The molecule has 1 N–H and O–H groups in total. The summed E-state index contributed by atoms with van der Waals surface area (Å²) in [5.41, 5.74) is 1.22. The Hall–Kier alpha value is -0.900. The fourth-order valence-electron chi connectivity index (χ4n) is 2.64. The summed E-state index contributed by atoms with van der Waals surface area (Å²) in [5.74, 6) is 1.45. The van der Waals surface area contributed by atoms with Crippen molar-refractivity contribution in [3.05, 3.63) is 11.9 Å². The Morgan fingerprint density at radius 1 is 1.31 bits per heavy atom. The lowest BCUT2D eigenvalue weighted by Gasteiger charge is -2.23. The van der Waals surface area contributed by atoms with Gasteiger partial charge in [-0.2, -0.15) is 0 Å². The molecule has 3 rings (SSSR count). The largest absolute Gasteiger partial charge is 0.316 e. The molecular weight excluding hydrogens is 200 g/mol. The van der Waals surface area contributed by atoms with Gasteiger partial charge in [0.2, 0.25) is 0 Å². The van der Waals surface area contributed by atoms with Gasteiger partial charge in [0, 0.05) is 18.7 Å². The van der Waals surface area contributed by atoms with Gasteiger partial charge in [0.05, 0.1) is 5.69 Å². The monoisotopic (exact) mass is 220 g/mol. The third kappa shape index (κ3) is 2.12. The molecule has 1 atom stereocenters. The maximum atomic E-state index is 4.30. The minimum absolute atomic E-state index is 0.707. The summed E-state index contributed by atoms with van der Waals surface area (Å²) >= 11 is 0. The van der Waals surface area contributed by atoms with Gasteiger partial charge in [-0.05, 0) is 44.7 Å². The number of aromatic nitrogens is 3. The van der Waals surface area contributed by atoms with Gasteiger partial charge < -0.3 is 5.32 Å². The van der Waals surface area contributed by atoms with E-state index in [0.717, 1.165) is 19.0 Å². The summed E-state index contributed by atoms with van der Waals surface area (Å²) in [6.07, 6.45) is 8.77. The van der Waals surface area contributed by atoms with E-state index in [1.165, 1.54) is 44.3 Å². The Balaban J connectivity index is 1.58. The fourth-order valence-corrected chi connectivity index (χ4v) is 2.64. The number of hydrogen-bond acceptors (Lipinski definition) is 3. The molecule has 0 bridgehead atoms. The molecule has 16 heavy (non-hydrogen) atoms. The van der Waals surface area contributed by atoms with Crippen LogP contribution < -0.4 is 5.32 Å². The van der Waals surface area contributed by atoms with Crippen molar-refractivity contribution in [3.8, 4) is 0 Å². The standard InChI is InChI=1S/C12H20N4/c1-4-11(5-1)12-9-16(15-14-12)8-10-3-2-6-13-7-10/h9-11,13H,1-8H2. The van der Waals surface area contributed by atoms with Crippen LogP contribution in [0.2, 0.25) is 0 Å². The quantitative estimate of drug-likeness (QED) is 0.840. The van der Waals surface area contributed by atoms with Gasteiger partial charge in [-0.1, -0.05) is 11.6 Å². The van der Waals surface area contributed by atoms with Gasteiger partial charge in [-0.15, -0.1) is 5.10 Å². The summed E-state index contributed by atoms with van der Waals surface area (Å²) in [5, 5.41) is 12.0. The predicted octanol–water partition coefficient (Wildman–Crippen LogP) is 1.55. The molecule has 0 amide bonds. The molecule has 0 radical (unpaired) electrons. The van der Waals surface area contributed by atoms with Crippen LogP contribution in [0.25, 0.3) is 0 Å². The Morgan fingerprint density at radius 2 is 2.25 bits per heavy atom. The van der Waals surface area contributed by atoms with E-state index in [2.05, 4.69) is 21.8 Å². The van der Waals surface area contributed by atoms with Crippen LogP contribution in [-0.4, -0.2) is 28.1 Å². The smallest absolute Gasteiger partial charge is 0.0857 e. The van der Waals surface area contributed by atoms with Crippen molar-refractivity contribution in [2.45, 2.75) is 44.6 Å². The van der Waals surface area contributed by atoms with E-state index in [-0.39, 0.29) is 0 Å². The lowest BCUT2D eigenvalue weighted by molar-refractivity contribution is 0.322. The second-order valence-corrected chi connectivity index (χ2v) is 5.21. The molecule has 1 unspecified atom stereocenters. The topological polar surface area (TPSA) is 42.7 Å². The first-order valence-corrected chi connectivity index (χ1v) is 6.52. The molecule has 1 aromatic heterocycles. The second-order valence-electron chi connectivity index (χ2n) is 5.21. The third-order valence-corrected chi connectivity index (χ3v) is 3.92. The third-order valence-electron chi connectivity index (χ3n) is 3.92. The highest BCUT2D eigenvalue weighted by molar-refractivity contribution is 5.05. The summed E-state index contributed by atoms with van der Waals surface area (Å²) in [6.45, 7) is 3.35. The summed E-state index contributed by atoms with van der Waals surface area (Å²) in [4.78, 5) is 0. The van der Waals surface area contributed by atoms with Crippen LogP contribution in [0.5, 0.6) is 0 Å². The fraction of sp³-hybridized carbons (Fsp3) is 0.833. The van der Waals surface area contributed by atoms with E-state index in [9.17, 15) is 0 Å². The zero-order valence-corrected chi connectivity index (χ0v) is 9.73. The summed E-state index contributed by atoms with van der Waals surface area (Å²) in [6, 6.07) is 0. The maximum absolute atomic E-state index is 4.30. The highest BCUT2D eigenvalue weighted by Crippen LogP contribution is 2.34. The molecule has 1 aliphatic heterocycles. The number of hydrogen-bond donors (Lipinski definition) is 1. The Kier molecular flexibility index (Phi) is 2.91. The van der Waals surface area contributed by atoms with Gasteiger partial charge in [0.15, 0.2) is 0 Å². The molecule has 4 nitrogen and oxygen atoms in total. The molecule has 0 aromatic carbocycles. The van der Waals surface area contributed by atoms with Crippen molar-refractivity contribution >= 4 is 0 Å². The van der Waals surface area contributed by atoms with E-state index in [4.69, 9.17) is 0 Å². The van der Waals surface area contributed by atoms with Crippen LogP contribution in [-0.2, 0) is 6.54 Å². The van der Waals surface area contributed by atoms with Crippen LogP contribution in [0.15, 0.2) is 6.20 Å². The summed E-state index contributed by atoms with van der Waals surface area (Å²) < 4.78 is 2.05. The minimum atomic E-state index is 0.707. The number of rotatable bonds is 3. The summed E-state index contributed by atoms with van der Waals surface area (Å²) in [7, 11) is 0. The first-order valence-electron chi connectivity index (χ1n) is 6.52. The van der Waals surface area contributed by atoms with Gasteiger partial charge in [-0.3, -0.25) is 4.68 Å². The van der Waals surface area contributed by atoms with Crippen molar-refractivity contribution in [2.75, 3.05) is 13.1 Å². The van der Waals surface area contributed by atoms with Crippen LogP contribution >= 0.6 is 0 Å². The molecule has 88 valence electrons. The van der Waals surface area contributed by atoms with Crippen LogP contribution in [0.1, 0.15) is 43.7 Å². The van der Waals surface area contributed by atoms with Gasteiger partial charge in [0.25, 0.3) is 0 Å². The molecule has 2 heterocycles. The molecule has 1 saturated heterocycles. The first-order chi connectivity index (χ1) is 7.92. The zero-order valence-electron chi connectivity index (χ0n) is 9.73. The van der Waals surface area contributed by atoms with Crippen molar-refractivity contribution in [2.24, 2.45) is 5.92 Å². The molecule has 1 aliphatic carbocycles. The molecule has 1 aromatic rings.